The van der Waals surface area contributed by atoms with E-state index in [1.54, 1.807) is 41.5 Å². The number of carbonyl (C=O) groups is 4. The summed E-state index contributed by atoms with van der Waals surface area (Å²) in [6.07, 6.45) is -0.695. The van der Waals surface area contributed by atoms with E-state index in [-0.39, 0.29) is 12.8 Å². The molecular formula is C32H46N4O6. The summed E-state index contributed by atoms with van der Waals surface area (Å²) in [5.74, 6) is -0.966. The van der Waals surface area contributed by atoms with Crippen molar-refractivity contribution in [3.8, 4) is 0 Å². The van der Waals surface area contributed by atoms with Crippen molar-refractivity contribution in [3.05, 3.63) is 71.8 Å². The number of hydrogen-bond donors (Lipinski definition) is 4. The highest BCUT2D eigenvalue weighted by atomic mass is 16.6. The monoisotopic (exact) mass is 582 g/mol. The summed E-state index contributed by atoms with van der Waals surface area (Å²) in [5.41, 5.74) is 0.195. The van der Waals surface area contributed by atoms with Crippen LogP contribution in [0, 0.1) is 0 Å². The van der Waals surface area contributed by atoms with Gasteiger partial charge in [-0.05, 0) is 59.1 Å². The van der Waals surface area contributed by atoms with Crippen LogP contribution < -0.4 is 21.3 Å². The van der Waals surface area contributed by atoms with Crippen molar-refractivity contribution in [2.24, 2.45) is 0 Å². The minimum atomic E-state index is -0.960. The summed E-state index contributed by atoms with van der Waals surface area (Å²) in [6.45, 7) is 12.4. The molecule has 42 heavy (non-hydrogen) atoms. The first-order valence-electron chi connectivity index (χ1n) is 14.3. The third-order valence-corrected chi connectivity index (χ3v) is 5.79. The second-order valence-corrected chi connectivity index (χ2v) is 12.1. The number of carbonyl (C=O) groups excluding carboxylic acids is 4. The van der Waals surface area contributed by atoms with Gasteiger partial charge in [-0.1, -0.05) is 74.0 Å². The van der Waals surface area contributed by atoms with Gasteiger partial charge in [0.2, 0.25) is 11.8 Å². The second kappa shape index (κ2) is 15.8. The van der Waals surface area contributed by atoms with Gasteiger partial charge in [0.1, 0.15) is 29.5 Å². The van der Waals surface area contributed by atoms with Crippen molar-refractivity contribution >= 4 is 24.0 Å². The molecule has 10 heteroatoms. The molecular weight excluding hydrogens is 536 g/mol. The molecule has 0 aliphatic carbocycles. The first-order chi connectivity index (χ1) is 19.6. The molecule has 0 unspecified atom stereocenters. The molecule has 0 aliphatic heterocycles. The lowest BCUT2D eigenvalue weighted by Crippen LogP contribution is -2.58. The van der Waals surface area contributed by atoms with Gasteiger partial charge in [0.25, 0.3) is 0 Å². The Morgan fingerprint density at radius 1 is 0.619 bits per heavy atom. The molecule has 0 heterocycles. The minimum absolute atomic E-state index is 0.218. The predicted octanol–water partition coefficient (Wildman–Crippen LogP) is 4.62. The maximum atomic E-state index is 13.5. The van der Waals surface area contributed by atoms with Crippen LogP contribution in [0.3, 0.4) is 0 Å². The Labute approximate surface area is 249 Å². The van der Waals surface area contributed by atoms with Gasteiger partial charge in [-0.3, -0.25) is 9.59 Å². The van der Waals surface area contributed by atoms with E-state index in [2.05, 4.69) is 21.3 Å². The quantitative estimate of drug-likeness (QED) is 0.270. The highest BCUT2D eigenvalue weighted by Gasteiger charge is 2.29. The summed E-state index contributed by atoms with van der Waals surface area (Å²) in [5, 5.41) is 11.1. The van der Waals surface area contributed by atoms with E-state index >= 15 is 0 Å². The van der Waals surface area contributed by atoms with Crippen LogP contribution in [0.4, 0.5) is 9.59 Å². The topological polar surface area (TPSA) is 135 Å². The molecule has 2 aromatic rings. The standard InChI is InChI=1S/C32H46N4O6/c1-8-15-26(35-27(37)24(20-22-16-11-9-12-17-22)33-29(39)41-31(2,3)4)36-28(38)25(21-23-18-13-10-14-19-23)34-30(40)42-32(5,6)7/h9-14,16-19,24-26H,8,15,20-21H2,1-7H3,(H,33,39)(H,34,40)(H,35,37)(H,36,38)/t24-,25-/m0/s1. The SMILES string of the molecule is CCCC(NC(=O)[C@H](Cc1ccccc1)NC(=O)OC(C)(C)C)NC(=O)[C@H](Cc1ccccc1)NC(=O)OC(C)(C)C. The van der Waals surface area contributed by atoms with E-state index in [0.717, 1.165) is 11.1 Å². The Bertz CT molecular complexity index is 1070. The zero-order chi connectivity index (χ0) is 31.3. The van der Waals surface area contributed by atoms with Crippen LogP contribution in [-0.2, 0) is 31.9 Å². The average molecular weight is 583 g/mol. The molecule has 230 valence electrons. The minimum Gasteiger partial charge on any atom is -0.444 e. The van der Waals surface area contributed by atoms with Crippen molar-refractivity contribution in [2.45, 2.75) is 104 Å². The number of rotatable bonds is 12. The van der Waals surface area contributed by atoms with Gasteiger partial charge in [-0.25, -0.2) is 9.59 Å². The second-order valence-electron chi connectivity index (χ2n) is 12.1. The van der Waals surface area contributed by atoms with Crippen LogP contribution in [0.25, 0.3) is 0 Å². The molecule has 0 aliphatic rings. The van der Waals surface area contributed by atoms with Crippen LogP contribution in [0.1, 0.15) is 72.4 Å². The van der Waals surface area contributed by atoms with E-state index < -0.39 is 53.5 Å². The van der Waals surface area contributed by atoms with Crippen LogP contribution in [0.15, 0.2) is 60.7 Å². The Kier molecular flexibility index (Phi) is 12.8. The van der Waals surface area contributed by atoms with Crippen LogP contribution in [0.2, 0.25) is 0 Å². The van der Waals surface area contributed by atoms with Gasteiger partial charge in [-0.2, -0.15) is 0 Å². The first-order valence-corrected chi connectivity index (χ1v) is 14.3. The van der Waals surface area contributed by atoms with Crippen molar-refractivity contribution in [1.82, 2.24) is 21.3 Å². The fourth-order valence-electron chi connectivity index (χ4n) is 4.03. The van der Waals surface area contributed by atoms with Crippen LogP contribution in [-0.4, -0.2) is 53.5 Å². The number of ether oxygens (including phenoxy) is 2. The molecule has 0 saturated carbocycles. The predicted molar refractivity (Wildman–Crippen MR) is 162 cm³/mol. The number of amides is 4. The van der Waals surface area contributed by atoms with Crippen molar-refractivity contribution < 1.29 is 28.7 Å². The Morgan fingerprint density at radius 2 is 0.976 bits per heavy atom. The van der Waals surface area contributed by atoms with E-state index in [0.29, 0.717) is 12.8 Å². The van der Waals surface area contributed by atoms with Gasteiger partial charge >= 0.3 is 12.2 Å². The number of hydrogen-bond acceptors (Lipinski definition) is 6. The molecule has 0 fully saturated rings. The molecule has 0 saturated heterocycles. The Balaban J connectivity index is 2.21. The highest BCUT2D eigenvalue weighted by Crippen LogP contribution is 2.11. The summed E-state index contributed by atoms with van der Waals surface area (Å²) in [6, 6.07) is 16.6. The lowest BCUT2D eigenvalue weighted by molar-refractivity contribution is -0.126. The van der Waals surface area contributed by atoms with Gasteiger partial charge in [0.05, 0.1) is 0 Å². The van der Waals surface area contributed by atoms with Gasteiger partial charge < -0.3 is 30.7 Å². The van der Waals surface area contributed by atoms with E-state index in [9.17, 15) is 19.2 Å². The van der Waals surface area contributed by atoms with Crippen LogP contribution >= 0.6 is 0 Å². The summed E-state index contributed by atoms with van der Waals surface area (Å²) >= 11 is 0. The van der Waals surface area contributed by atoms with Gasteiger partial charge in [0, 0.05) is 12.8 Å². The summed E-state index contributed by atoms with van der Waals surface area (Å²) in [7, 11) is 0. The van der Waals surface area contributed by atoms with Crippen LogP contribution in [0.5, 0.6) is 0 Å². The van der Waals surface area contributed by atoms with Gasteiger partial charge in [0.15, 0.2) is 0 Å². The smallest absolute Gasteiger partial charge is 0.408 e. The van der Waals surface area contributed by atoms with Crippen molar-refractivity contribution in [3.63, 3.8) is 0 Å². The zero-order valence-electron chi connectivity index (χ0n) is 25.8. The van der Waals surface area contributed by atoms with E-state index in [1.807, 2.05) is 67.6 Å². The molecule has 2 rings (SSSR count). The molecule has 0 spiro atoms. The molecule has 4 N–H and O–H groups in total. The molecule has 0 radical (unpaired) electrons. The maximum Gasteiger partial charge on any atom is 0.408 e. The molecule has 2 aromatic carbocycles. The van der Waals surface area contributed by atoms with Gasteiger partial charge in [-0.15, -0.1) is 0 Å². The average Bonchev–Trinajstić information content (AvgIpc) is 2.87. The summed E-state index contributed by atoms with van der Waals surface area (Å²) in [4.78, 5) is 52.1. The summed E-state index contributed by atoms with van der Waals surface area (Å²) < 4.78 is 10.8. The first kappa shape index (κ1) is 34.1. The molecule has 2 atom stereocenters. The fourth-order valence-corrected chi connectivity index (χ4v) is 4.03. The third-order valence-electron chi connectivity index (χ3n) is 5.79. The molecule has 0 aromatic heterocycles. The third kappa shape index (κ3) is 13.5. The molecule has 4 amide bonds. The normalized spacial score (nSPS) is 13.0. The van der Waals surface area contributed by atoms with E-state index in [4.69, 9.17) is 9.47 Å². The maximum absolute atomic E-state index is 13.5. The van der Waals surface area contributed by atoms with E-state index in [1.165, 1.54) is 0 Å². The number of alkyl carbamates (subject to hydrolysis) is 2. The Hall–Kier alpha value is -4.08. The Morgan fingerprint density at radius 3 is 1.29 bits per heavy atom. The molecule has 0 bridgehead atoms. The molecule has 10 nitrogen and oxygen atoms in total. The zero-order valence-corrected chi connectivity index (χ0v) is 25.8. The highest BCUT2D eigenvalue weighted by molar-refractivity contribution is 5.88. The number of benzene rings is 2. The number of nitrogens with one attached hydrogen (secondary N) is 4. The largest absolute Gasteiger partial charge is 0.444 e. The lowest BCUT2D eigenvalue weighted by Gasteiger charge is -2.28. The fraction of sp³-hybridized carbons (Fsp3) is 0.500. The lowest BCUT2D eigenvalue weighted by atomic mass is 10.0. The van der Waals surface area contributed by atoms with Crippen molar-refractivity contribution in [2.75, 3.05) is 0 Å². The van der Waals surface area contributed by atoms with Crippen molar-refractivity contribution in [1.29, 1.82) is 0 Å².